The Morgan fingerprint density at radius 2 is 1.77 bits per heavy atom. The van der Waals surface area contributed by atoms with Crippen molar-refractivity contribution >= 4 is 33.7 Å². The predicted molar refractivity (Wildman–Crippen MR) is 141 cm³/mol. The first kappa shape index (κ1) is 22.1. The highest BCUT2D eigenvalue weighted by molar-refractivity contribution is 6.41. The molecule has 1 aliphatic heterocycles. The molecule has 1 saturated carbocycles. The number of aliphatic hydroxyl groups excluding tert-OH is 1. The van der Waals surface area contributed by atoms with Crippen LogP contribution in [0, 0.1) is 5.92 Å². The first-order valence-electron chi connectivity index (χ1n) is 12.9. The lowest BCUT2D eigenvalue weighted by molar-refractivity contribution is -0.447. The maximum absolute atomic E-state index is 13.5. The number of benzene rings is 2. The van der Waals surface area contributed by atoms with E-state index in [1.54, 1.807) is 0 Å². The van der Waals surface area contributed by atoms with E-state index in [4.69, 9.17) is 0 Å². The number of fused-ring (bicyclic) bond motifs is 2. The number of carbonyl (C=O) groups is 1. The first-order valence-corrected chi connectivity index (χ1v) is 12.9. The molecule has 0 spiro atoms. The van der Waals surface area contributed by atoms with E-state index in [0.717, 1.165) is 28.7 Å². The minimum Gasteiger partial charge on any atom is -0.506 e. The number of Topliss-reactive ketones (excluding diaryl/α,β-unsaturated/α-hetero) is 1. The molecule has 0 radical (unpaired) electrons. The zero-order chi connectivity index (χ0) is 24.3. The van der Waals surface area contributed by atoms with Gasteiger partial charge in [-0.05, 0) is 32.8 Å². The molecule has 2 aromatic carbocycles. The van der Waals surface area contributed by atoms with Gasteiger partial charge in [0.2, 0.25) is 11.5 Å². The van der Waals surface area contributed by atoms with Crippen molar-refractivity contribution in [1.29, 1.82) is 0 Å². The normalized spacial score (nSPS) is 21.2. The summed E-state index contributed by atoms with van der Waals surface area (Å²) in [6.07, 6.45) is 10.4. The van der Waals surface area contributed by atoms with Crippen LogP contribution in [0.1, 0.15) is 57.1 Å². The molecule has 1 aromatic heterocycles. The van der Waals surface area contributed by atoms with Crippen LogP contribution in [-0.2, 0) is 17.3 Å². The van der Waals surface area contributed by atoms with E-state index < -0.39 is 0 Å². The summed E-state index contributed by atoms with van der Waals surface area (Å²) in [7, 11) is 1.97. The van der Waals surface area contributed by atoms with Crippen molar-refractivity contribution in [2.75, 3.05) is 6.54 Å². The first-order chi connectivity index (χ1) is 16.9. The molecule has 1 fully saturated rings. The molecule has 0 amide bonds. The molecule has 2 heterocycles. The van der Waals surface area contributed by atoms with Crippen molar-refractivity contribution in [3.8, 4) is 0 Å². The molecule has 6 rings (SSSR count). The molecule has 0 bridgehead atoms. The molecule has 4 nitrogen and oxygen atoms in total. The number of allylic oxidation sites excluding steroid dienone is 3. The SMILES string of the molecule is Cn1cc(C2=C(O)C(=CC3=[N+](CC4CCCCC4)c4ccccc4C3(C)C)C2=O)c2ccccc21. The summed E-state index contributed by atoms with van der Waals surface area (Å²) in [5.74, 6) is 0.700. The zero-order valence-corrected chi connectivity index (χ0v) is 20.8. The van der Waals surface area contributed by atoms with Gasteiger partial charge in [-0.15, -0.1) is 0 Å². The van der Waals surface area contributed by atoms with Crippen molar-refractivity contribution in [1.82, 2.24) is 4.57 Å². The molecular weight excluding hydrogens is 432 g/mol. The smallest absolute Gasteiger partial charge is 0.209 e. The molecule has 3 aliphatic rings. The largest absolute Gasteiger partial charge is 0.506 e. The second kappa shape index (κ2) is 8.08. The molecule has 4 heteroatoms. The van der Waals surface area contributed by atoms with Gasteiger partial charge in [0.05, 0.1) is 16.6 Å². The highest BCUT2D eigenvalue weighted by Gasteiger charge is 2.47. The second-order valence-electron chi connectivity index (χ2n) is 10.9. The summed E-state index contributed by atoms with van der Waals surface area (Å²) >= 11 is 0. The lowest BCUT2D eigenvalue weighted by Gasteiger charge is -2.23. The number of carbonyl (C=O) groups excluding carboxylic acids is 1. The Balaban J connectivity index is 1.46. The average Bonchev–Trinajstić information content (AvgIpc) is 3.30. The van der Waals surface area contributed by atoms with Crippen LogP contribution < -0.4 is 0 Å². The lowest BCUT2D eigenvalue weighted by Crippen LogP contribution is -2.32. The average molecular weight is 466 g/mol. The van der Waals surface area contributed by atoms with E-state index in [0.29, 0.717) is 17.1 Å². The molecule has 0 unspecified atom stereocenters. The maximum atomic E-state index is 13.5. The number of aryl methyl sites for hydroxylation is 1. The number of rotatable bonds is 4. The van der Waals surface area contributed by atoms with Crippen LogP contribution in [0.4, 0.5) is 5.69 Å². The molecule has 35 heavy (non-hydrogen) atoms. The fourth-order valence-corrected chi connectivity index (χ4v) is 6.41. The van der Waals surface area contributed by atoms with Gasteiger partial charge in [-0.1, -0.05) is 55.7 Å². The van der Waals surface area contributed by atoms with Crippen molar-refractivity contribution < 1.29 is 14.5 Å². The van der Waals surface area contributed by atoms with E-state index in [9.17, 15) is 9.90 Å². The molecule has 0 saturated heterocycles. The third-order valence-corrected chi connectivity index (χ3v) is 8.38. The van der Waals surface area contributed by atoms with Crippen LogP contribution in [0.2, 0.25) is 0 Å². The van der Waals surface area contributed by atoms with E-state index in [-0.39, 0.29) is 17.0 Å². The van der Waals surface area contributed by atoms with Gasteiger partial charge >= 0.3 is 0 Å². The molecule has 1 N–H and O–H groups in total. The number of hydrogen-bond acceptors (Lipinski definition) is 2. The molecule has 178 valence electrons. The van der Waals surface area contributed by atoms with Gasteiger partial charge in [-0.25, -0.2) is 0 Å². The second-order valence-corrected chi connectivity index (χ2v) is 10.9. The summed E-state index contributed by atoms with van der Waals surface area (Å²) in [5, 5.41) is 12.2. The Labute approximate surface area is 206 Å². The van der Waals surface area contributed by atoms with Crippen LogP contribution in [-0.4, -0.2) is 32.3 Å². The Morgan fingerprint density at radius 3 is 2.54 bits per heavy atom. The number of aromatic nitrogens is 1. The minimum absolute atomic E-state index is 0.0734. The van der Waals surface area contributed by atoms with E-state index in [1.807, 2.05) is 48.2 Å². The number of aliphatic hydroxyl groups is 1. The van der Waals surface area contributed by atoms with Gasteiger partial charge in [0.1, 0.15) is 5.76 Å². The fourth-order valence-electron chi connectivity index (χ4n) is 6.41. The maximum Gasteiger partial charge on any atom is 0.209 e. The summed E-state index contributed by atoms with van der Waals surface area (Å²) in [6, 6.07) is 16.6. The van der Waals surface area contributed by atoms with Crippen LogP contribution >= 0.6 is 0 Å². The number of ketones is 1. The van der Waals surface area contributed by atoms with E-state index in [2.05, 4.69) is 42.7 Å². The summed E-state index contributed by atoms with van der Waals surface area (Å²) in [5.41, 5.74) is 6.10. The Bertz CT molecular complexity index is 1460. The standard InChI is InChI=1S/C31H32N2O2/c1-31(2)24-14-8-10-16-26(24)33(18-20-11-5-4-6-12-20)27(31)17-22-29(34)28(30(22)35)23-19-32(3)25-15-9-7-13-21(23)25/h7-10,13-17,19-20H,4-6,11-12,18H2,1-3H3/p+1. The van der Waals surface area contributed by atoms with Gasteiger partial charge in [-0.2, -0.15) is 4.58 Å². The van der Waals surface area contributed by atoms with Crippen LogP contribution in [0.5, 0.6) is 0 Å². The van der Waals surface area contributed by atoms with E-state index >= 15 is 0 Å². The van der Waals surface area contributed by atoms with Crippen molar-refractivity contribution in [3.05, 3.63) is 83.3 Å². The highest BCUT2D eigenvalue weighted by Crippen LogP contribution is 2.44. The molecular formula is C31H33N2O2+. The number of para-hydroxylation sites is 2. The van der Waals surface area contributed by atoms with Gasteiger partial charge in [0, 0.05) is 53.3 Å². The van der Waals surface area contributed by atoms with Crippen LogP contribution in [0.15, 0.2) is 72.1 Å². The van der Waals surface area contributed by atoms with Gasteiger partial charge < -0.3 is 9.67 Å². The molecule has 3 aromatic rings. The topological polar surface area (TPSA) is 45.2 Å². The Morgan fingerprint density at radius 1 is 1.06 bits per heavy atom. The minimum atomic E-state index is -0.242. The van der Waals surface area contributed by atoms with Gasteiger partial charge in [-0.3, -0.25) is 4.79 Å². The third kappa shape index (κ3) is 3.34. The van der Waals surface area contributed by atoms with Crippen LogP contribution in [0.3, 0.4) is 0 Å². The Kier molecular flexibility index (Phi) is 5.10. The zero-order valence-electron chi connectivity index (χ0n) is 20.8. The van der Waals surface area contributed by atoms with E-state index in [1.165, 1.54) is 43.4 Å². The van der Waals surface area contributed by atoms with Crippen molar-refractivity contribution in [3.63, 3.8) is 0 Å². The Hall–Kier alpha value is -3.40. The van der Waals surface area contributed by atoms with Crippen molar-refractivity contribution in [2.45, 2.75) is 51.4 Å². The quantitative estimate of drug-likeness (QED) is 0.348. The summed E-state index contributed by atoms with van der Waals surface area (Å²) in [6.45, 7) is 5.43. The van der Waals surface area contributed by atoms with Crippen molar-refractivity contribution in [2.24, 2.45) is 13.0 Å². The fraction of sp³-hybridized carbons (Fsp3) is 0.355. The summed E-state index contributed by atoms with van der Waals surface area (Å²) < 4.78 is 4.44. The predicted octanol–water partition coefficient (Wildman–Crippen LogP) is 6.61. The third-order valence-electron chi connectivity index (χ3n) is 8.38. The van der Waals surface area contributed by atoms with Gasteiger partial charge in [0.25, 0.3) is 0 Å². The number of nitrogens with zero attached hydrogens (tertiary/aromatic N) is 2. The lowest BCUT2D eigenvalue weighted by atomic mass is 9.77. The van der Waals surface area contributed by atoms with Gasteiger partial charge in [0.15, 0.2) is 12.3 Å². The monoisotopic (exact) mass is 465 g/mol. The number of hydrogen-bond donors (Lipinski definition) is 1. The molecule has 0 atom stereocenters. The molecule has 2 aliphatic carbocycles. The summed E-state index contributed by atoms with van der Waals surface area (Å²) in [4.78, 5) is 13.5. The van der Waals surface area contributed by atoms with Crippen LogP contribution in [0.25, 0.3) is 16.5 Å². The highest BCUT2D eigenvalue weighted by atomic mass is 16.3.